The van der Waals surface area contributed by atoms with Crippen LogP contribution < -0.4 is 0 Å². The van der Waals surface area contributed by atoms with Gasteiger partial charge in [0.05, 0.1) is 0 Å². The molecule has 1 aliphatic heterocycles. The number of rotatable bonds is 1. The number of likely N-dealkylation sites (tertiary alicyclic amines) is 1. The van der Waals surface area contributed by atoms with E-state index in [0.717, 1.165) is 32.2 Å². The minimum absolute atomic E-state index is 0.231. The average Bonchev–Trinajstić information content (AvgIpc) is 2.48. The van der Waals surface area contributed by atoms with Gasteiger partial charge in [0, 0.05) is 18.5 Å². The van der Waals surface area contributed by atoms with Crippen molar-refractivity contribution in [2.45, 2.75) is 64.8 Å². The summed E-state index contributed by atoms with van der Waals surface area (Å²) >= 11 is 0. The van der Waals surface area contributed by atoms with Crippen molar-refractivity contribution in [2.75, 3.05) is 6.54 Å². The van der Waals surface area contributed by atoms with E-state index in [9.17, 15) is 4.79 Å². The fourth-order valence-electron chi connectivity index (χ4n) is 5.55. The monoisotopic (exact) mass is 311 g/mol. The number of carbonyl (C=O) groups excluding carboxylic acids is 1. The summed E-state index contributed by atoms with van der Waals surface area (Å²) in [4.78, 5) is 15.3. The quantitative estimate of drug-likeness (QED) is 0.762. The minimum atomic E-state index is 0.231. The third-order valence-corrected chi connectivity index (χ3v) is 7.15. The lowest BCUT2D eigenvalue weighted by Crippen LogP contribution is -2.61. The predicted octanol–water partition coefficient (Wildman–Crippen LogP) is 4.17. The largest absolute Gasteiger partial charge is 0.339 e. The second-order valence-electron chi connectivity index (χ2n) is 9.19. The second-order valence-corrected chi connectivity index (χ2v) is 9.19. The molecule has 1 saturated heterocycles. The number of hydrogen-bond donors (Lipinski definition) is 0. The minimum Gasteiger partial charge on any atom is -0.339 e. The van der Waals surface area contributed by atoms with E-state index in [2.05, 4.69) is 56.9 Å². The number of benzene rings is 1. The van der Waals surface area contributed by atoms with Crippen LogP contribution in [0.1, 0.15) is 58.1 Å². The first-order chi connectivity index (χ1) is 10.8. The molecule has 3 atom stereocenters. The van der Waals surface area contributed by atoms with E-state index in [1.165, 1.54) is 11.1 Å². The SMILES string of the molecule is C[C@@H]1[C@H]2Cc3ccccc3[C@]1(C)CCN2C(=O)C1CC(C)(C)C1. The highest BCUT2D eigenvalue weighted by molar-refractivity contribution is 5.80. The van der Waals surface area contributed by atoms with Gasteiger partial charge in [0.2, 0.25) is 5.91 Å². The lowest BCUT2D eigenvalue weighted by molar-refractivity contribution is -0.150. The van der Waals surface area contributed by atoms with Crippen LogP contribution in [0.4, 0.5) is 0 Å². The molecule has 0 spiro atoms. The normalized spacial score (nSPS) is 35.4. The third kappa shape index (κ3) is 2.17. The van der Waals surface area contributed by atoms with E-state index in [1.54, 1.807) is 0 Å². The lowest BCUT2D eigenvalue weighted by Gasteiger charge is -2.56. The summed E-state index contributed by atoms with van der Waals surface area (Å²) in [6.45, 7) is 10.3. The first kappa shape index (κ1) is 15.2. The van der Waals surface area contributed by atoms with Crippen molar-refractivity contribution in [1.29, 1.82) is 0 Å². The Kier molecular flexibility index (Phi) is 3.21. The maximum absolute atomic E-state index is 13.1. The van der Waals surface area contributed by atoms with Crippen molar-refractivity contribution >= 4 is 5.91 Å². The van der Waals surface area contributed by atoms with E-state index in [1.807, 2.05) is 0 Å². The molecular formula is C21H29NO. The van der Waals surface area contributed by atoms with Gasteiger partial charge in [-0.25, -0.2) is 0 Å². The van der Waals surface area contributed by atoms with Crippen molar-refractivity contribution in [2.24, 2.45) is 17.3 Å². The van der Waals surface area contributed by atoms with Gasteiger partial charge in [-0.05, 0) is 53.6 Å². The van der Waals surface area contributed by atoms with E-state index in [4.69, 9.17) is 0 Å². The van der Waals surface area contributed by atoms with Gasteiger partial charge in [-0.1, -0.05) is 52.0 Å². The number of carbonyl (C=O) groups is 1. The van der Waals surface area contributed by atoms with E-state index < -0.39 is 0 Å². The van der Waals surface area contributed by atoms with Crippen LogP contribution in [-0.4, -0.2) is 23.4 Å². The maximum atomic E-state index is 13.1. The van der Waals surface area contributed by atoms with E-state index in [-0.39, 0.29) is 11.3 Å². The maximum Gasteiger partial charge on any atom is 0.225 e. The molecule has 2 bridgehead atoms. The highest BCUT2D eigenvalue weighted by atomic mass is 16.2. The molecule has 4 rings (SSSR count). The molecule has 1 amide bonds. The molecule has 1 heterocycles. The number of fused-ring (bicyclic) bond motifs is 4. The molecule has 3 aliphatic rings. The summed E-state index contributed by atoms with van der Waals surface area (Å²) in [5, 5.41) is 0. The summed E-state index contributed by atoms with van der Waals surface area (Å²) < 4.78 is 0. The Bertz CT molecular complexity index is 641. The van der Waals surface area contributed by atoms with Crippen LogP contribution in [0.25, 0.3) is 0 Å². The molecule has 2 fully saturated rings. The zero-order valence-electron chi connectivity index (χ0n) is 14.9. The van der Waals surface area contributed by atoms with Crippen LogP contribution in [0.15, 0.2) is 24.3 Å². The van der Waals surface area contributed by atoms with E-state index >= 15 is 0 Å². The number of nitrogens with zero attached hydrogens (tertiary/aromatic N) is 1. The Morgan fingerprint density at radius 2 is 1.87 bits per heavy atom. The van der Waals surface area contributed by atoms with Gasteiger partial charge < -0.3 is 4.90 Å². The zero-order valence-corrected chi connectivity index (χ0v) is 14.9. The highest BCUT2D eigenvalue weighted by Crippen LogP contribution is 2.51. The number of hydrogen-bond acceptors (Lipinski definition) is 1. The van der Waals surface area contributed by atoms with Crippen LogP contribution >= 0.6 is 0 Å². The van der Waals surface area contributed by atoms with Gasteiger partial charge >= 0.3 is 0 Å². The topological polar surface area (TPSA) is 20.3 Å². The molecule has 124 valence electrons. The first-order valence-electron chi connectivity index (χ1n) is 9.21. The predicted molar refractivity (Wildman–Crippen MR) is 93.3 cm³/mol. The van der Waals surface area contributed by atoms with E-state index in [0.29, 0.717) is 23.3 Å². The van der Waals surface area contributed by atoms with Crippen LogP contribution in [-0.2, 0) is 16.6 Å². The van der Waals surface area contributed by atoms with Crippen LogP contribution in [0.5, 0.6) is 0 Å². The summed E-state index contributed by atoms with van der Waals surface area (Å²) in [6, 6.07) is 9.29. The smallest absolute Gasteiger partial charge is 0.225 e. The molecule has 23 heavy (non-hydrogen) atoms. The Balaban J connectivity index is 1.62. The summed E-state index contributed by atoms with van der Waals surface area (Å²) in [5.41, 5.74) is 3.59. The van der Waals surface area contributed by atoms with Crippen LogP contribution in [0.2, 0.25) is 0 Å². The van der Waals surface area contributed by atoms with Gasteiger partial charge in [-0.3, -0.25) is 4.79 Å². The van der Waals surface area contributed by atoms with Crippen molar-refractivity contribution in [3.8, 4) is 0 Å². The second kappa shape index (κ2) is 4.84. The molecule has 2 nitrogen and oxygen atoms in total. The number of amides is 1. The third-order valence-electron chi connectivity index (χ3n) is 7.15. The molecule has 0 unspecified atom stereocenters. The molecule has 0 N–H and O–H groups in total. The molecule has 1 aromatic rings. The summed E-state index contributed by atoms with van der Waals surface area (Å²) in [5.74, 6) is 1.25. The van der Waals surface area contributed by atoms with Gasteiger partial charge in [0.25, 0.3) is 0 Å². The van der Waals surface area contributed by atoms with Gasteiger partial charge in [-0.2, -0.15) is 0 Å². The molecule has 0 radical (unpaired) electrons. The van der Waals surface area contributed by atoms with Crippen molar-refractivity contribution < 1.29 is 4.79 Å². The lowest BCUT2D eigenvalue weighted by atomic mass is 9.58. The fraction of sp³-hybridized carbons (Fsp3) is 0.667. The molecule has 1 aromatic carbocycles. The Hall–Kier alpha value is -1.31. The number of piperidine rings is 1. The van der Waals surface area contributed by atoms with Gasteiger partial charge in [0.1, 0.15) is 0 Å². The Labute approximate surface area is 140 Å². The molecule has 2 aliphatic carbocycles. The molecule has 2 heteroatoms. The first-order valence-corrected chi connectivity index (χ1v) is 9.21. The standard InChI is InChI=1S/C21H29NO/c1-14-18-11-15-7-5-6-8-17(15)21(14,4)9-10-22(18)19(23)16-12-20(2,3)13-16/h5-8,14,16,18H,9-13H2,1-4H3/t14-,18-,21-/m1/s1. The summed E-state index contributed by atoms with van der Waals surface area (Å²) in [6.07, 6.45) is 4.27. The van der Waals surface area contributed by atoms with Gasteiger partial charge in [-0.15, -0.1) is 0 Å². The zero-order chi connectivity index (χ0) is 16.4. The van der Waals surface area contributed by atoms with Crippen LogP contribution in [0, 0.1) is 17.3 Å². The molecule has 1 saturated carbocycles. The van der Waals surface area contributed by atoms with Crippen molar-refractivity contribution in [3.63, 3.8) is 0 Å². The molecular weight excluding hydrogens is 282 g/mol. The van der Waals surface area contributed by atoms with Gasteiger partial charge in [0.15, 0.2) is 0 Å². The Morgan fingerprint density at radius 3 is 2.57 bits per heavy atom. The van der Waals surface area contributed by atoms with Crippen molar-refractivity contribution in [3.05, 3.63) is 35.4 Å². The Morgan fingerprint density at radius 1 is 1.17 bits per heavy atom. The van der Waals surface area contributed by atoms with Crippen LogP contribution in [0.3, 0.4) is 0 Å². The van der Waals surface area contributed by atoms with Crippen molar-refractivity contribution in [1.82, 2.24) is 4.90 Å². The molecule has 0 aromatic heterocycles. The highest BCUT2D eigenvalue weighted by Gasteiger charge is 2.51. The fourth-order valence-corrected chi connectivity index (χ4v) is 5.55. The average molecular weight is 311 g/mol. The summed E-state index contributed by atoms with van der Waals surface area (Å²) in [7, 11) is 0.